The van der Waals surface area contributed by atoms with Gasteiger partial charge in [0.1, 0.15) is 6.17 Å². The summed E-state index contributed by atoms with van der Waals surface area (Å²) in [6.45, 7) is 0. The SMILES string of the molecule is O=C(N[C@@H](NC(=S)Nc1ccccc1)C(Cl)(Cl)Cl)c1ccco1. The van der Waals surface area contributed by atoms with Gasteiger partial charge >= 0.3 is 0 Å². The molecule has 1 heterocycles. The molecule has 0 aliphatic carbocycles. The molecule has 5 nitrogen and oxygen atoms in total. The van der Waals surface area contributed by atoms with Crippen molar-refractivity contribution in [2.24, 2.45) is 0 Å². The molecular weight excluding hydrogens is 381 g/mol. The summed E-state index contributed by atoms with van der Waals surface area (Å²) in [5.74, 6) is -0.450. The van der Waals surface area contributed by atoms with Crippen LogP contribution in [0.4, 0.5) is 5.69 Å². The van der Waals surface area contributed by atoms with Gasteiger partial charge in [-0.1, -0.05) is 53.0 Å². The first-order valence-electron chi connectivity index (χ1n) is 6.40. The van der Waals surface area contributed by atoms with Crippen molar-refractivity contribution in [3.05, 3.63) is 54.5 Å². The van der Waals surface area contributed by atoms with Crippen molar-refractivity contribution in [2.45, 2.75) is 9.96 Å². The van der Waals surface area contributed by atoms with Crippen LogP contribution < -0.4 is 16.0 Å². The number of benzene rings is 1. The number of alkyl halides is 3. The number of carbonyl (C=O) groups excluding carboxylic acids is 1. The fourth-order valence-corrected chi connectivity index (χ4v) is 2.19. The number of anilines is 1. The number of hydrogen-bond acceptors (Lipinski definition) is 3. The molecule has 0 unspecified atom stereocenters. The molecule has 0 radical (unpaired) electrons. The van der Waals surface area contributed by atoms with E-state index in [2.05, 4.69) is 16.0 Å². The Balaban J connectivity index is 2.01. The molecule has 0 aliphatic heterocycles. The van der Waals surface area contributed by atoms with Crippen molar-refractivity contribution in [3.8, 4) is 0 Å². The monoisotopic (exact) mass is 391 g/mol. The van der Waals surface area contributed by atoms with Gasteiger partial charge in [0.15, 0.2) is 10.9 Å². The molecule has 1 amide bonds. The first kappa shape index (κ1) is 17.9. The predicted molar refractivity (Wildman–Crippen MR) is 96.1 cm³/mol. The smallest absolute Gasteiger partial charge is 0.288 e. The molecule has 1 aromatic carbocycles. The molecule has 1 atom stereocenters. The van der Waals surface area contributed by atoms with Crippen molar-refractivity contribution < 1.29 is 9.21 Å². The number of furan rings is 1. The van der Waals surface area contributed by atoms with Crippen LogP contribution in [-0.4, -0.2) is 21.0 Å². The summed E-state index contributed by atoms with van der Waals surface area (Å²) in [7, 11) is 0. The van der Waals surface area contributed by atoms with Crippen molar-refractivity contribution in [1.82, 2.24) is 10.6 Å². The number of amides is 1. The van der Waals surface area contributed by atoms with E-state index < -0.39 is 15.9 Å². The van der Waals surface area contributed by atoms with Gasteiger partial charge in [-0.2, -0.15) is 0 Å². The zero-order chi connectivity index (χ0) is 16.9. The highest BCUT2D eigenvalue weighted by Crippen LogP contribution is 2.29. The van der Waals surface area contributed by atoms with Gasteiger partial charge in [-0.15, -0.1) is 0 Å². The number of halogens is 3. The van der Waals surface area contributed by atoms with Crippen LogP contribution in [0.3, 0.4) is 0 Å². The number of nitrogens with one attached hydrogen (secondary N) is 3. The lowest BCUT2D eigenvalue weighted by atomic mass is 10.3. The highest BCUT2D eigenvalue weighted by atomic mass is 35.6. The minimum atomic E-state index is -1.83. The molecule has 122 valence electrons. The molecule has 0 fully saturated rings. The molecule has 1 aromatic heterocycles. The standard InChI is InChI=1S/C14H12Cl3N3O2S/c15-14(16,17)12(19-11(21)10-7-4-8-22-10)20-13(23)18-9-5-2-1-3-6-9/h1-8,12H,(H,19,21)(H2,18,20,23)/t12-/m0/s1. The Labute approximate surface area is 153 Å². The minimum Gasteiger partial charge on any atom is -0.459 e. The minimum absolute atomic E-state index is 0.0907. The highest BCUT2D eigenvalue weighted by Gasteiger charge is 2.35. The maximum absolute atomic E-state index is 12.0. The van der Waals surface area contributed by atoms with Crippen LogP contribution in [0, 0.1) is 0 Å². The second kappa shape index (κ2) is 7.88. The van der Waals surface area contributed by atoms with Gasteiger partial charge < -0.3 is 20.4 Å². The Kier molecular flexibility index (Phi) is 6.12. The summed E-state index contributed by atoms with van der Waals surface area (Å²) in [6.07, 6.45) is 0.308. The zero-order valence-corrected chi connectivity index (χ0v) is 14.6. The normalized spacial score (nSPS) is 12.3. The molecule has 0 bridgehead atoms. The first-order chi connectivity index (χ1) is 10.9. The van der Waals surface area contributed by atoms with E-state index in [0.29, 0.717) is 0 Å². The molecule has 3 N–H and O–H groups in total. The van der Waals surface area contributed by atoms with Crippen molar-refractivity contribution in [2.75, 3.05) is 5.32 Å². The average Bonchev–Trinajstić information content (AvgIpc) is 3.00. The lowest BCUT2D eigenvalue weighted by molar-refractivity contribution is 0.0906. The third-order valence-electron chi connectivity index (χ3n) is 2.65. The summed E-state index contributed by atoms with van der Waals surface area (Å²) >= 11 is 22.8. The maximum Gasteiger partial charge on any atom is 0.288 e. The van der Waals surface area contributed by atoms with Crippen LogP contribution in [0.25, 0.3) is 0 Å². The first-order valence-corrected chi connectivity index (χ1v) is 7.94. The summed E-state index contributed by atoms with van der Waals surface area (Å²) in [6, 6.07) is 12.3. The number of hydrogen-bond donors (Lipinski definition) is 3. The van der Waals surface area contributed by atoms with Gasteiger partial charge in [-0.05, 0) is 36.5 Å². The third kappa shape index (κ3) is 5.58. The van der Waals surface area contributed by atoms with Gasteiger partial charge in [0.05, 0.1) is 6.26 Å². The Morgan fingerprint density at radius 3 is 2.35 bits per heavy atom. The van der Waals surface area contributed by atoms with Crippen LogP contribution in [0.15, 0.2) is 53.1 Å². The summed E-state index contributed by atoms with van der Waals surface area (Å²) in [5.41, 5.74) is 0.755. The van der Waals surface area contributed by atoms with Gasteiger partial charge in [0.2, 0.25) is 3.79 Å². The summed E-state index contributed by atoms with van der Waals surface area (Å²) in [4.78, 5) is 12.0. The molecule has 23 heavy (non-hydrogen) atoms. The van der Waals surface area contributed by atoms with Gasteiger partial charge in [-0.25, -0.2) is 0 Å². The van der Waals surface area contributed by atoms with Gasteiger partial charge in [0.25, 0.3) is 5.91 Å². The molecule has 2 aromatic rings. The predicted octanol–water partition coefficient (Wildman–Crippen LogP) is 3.69. The van der Waals surface area contributed by atoms with Crippen LogP contribution >= 0.6 is 47.0 Å². The van der Waals surface area contributed by atoms with Crippen molar-refractivity contribution >= 4 is 63.7 Å². The van der Waals surface area contributed by atoms with Crippen molar-refractivity contribution in [1.29, 1.82) is 0 Å². The third-order valence-corrected chi connectivity index (χ3v) is 3.53. The van der Waals surface area contributed by atoms with E-state index in [1.165, 1.54) is 12.3 Å². The topological polar surface area (TPSA) is 66.3 Å². The van der Waals surface area contributed by atoms with E-state index in [9.17, 15) is 4.79 Å². The van der Waals surface area contributed by atoms with Crippen LogP contribution in [-0.2, 0) is 0 Å². The number of rotatable bonds is 4. The number of thiocarbonyl (C=S) groups is 1. The second-order valence-corrected chi connectivity index (χ2v) is 7.17. The molecule has 9 heteroatoms. The number of para-hydroxylation sites is 1. The fraction of sp³-hybridized carbons (Fsp3) is 0.143. The molecule has 0 spiro atoms. The van der Waals surface area contributed by atoms with E-state index in [-0.39, 0.29) is 10.9 Å². The van der Waals surface area contributed by atoms with E-state index in [4.69, 9.17) is 51.4 Å². The summed E-state index contributed by atoms with van der Waals surface area (Å²) < 4.78 is 3.16. The van der Waals surface area contributed by atoms with E-state index in [1.54, 1.807) is 6.07 Å². The van der Waals surface area contributed by atoms with E-state index in [1.807, 2.05) is 30.3 Å². The molecule has 0 saturated carbocycles. The van der Waals surface area contributed by atoms with E-state index in [0.717, 1.165) is 5.69 Å². The number of carbonyl (C=O) groups is 1. The van der Waals surface area contributed by atoms with Crippen LogP contribution in [0.2, 0.25) is 0 Å². The van der Waals surface area contributed by atoms with Gasteiger partial charge in [0, 0.05) is 5.69 Å². The largest absolute Gasteiger partial charge is 0.459 e. The molecule has 0 saturated heterocycles. The average molecular weight is 393 g/mol. The second-order valence-electron chi connectivity index (χ2n) is 4.39. The Bertz CT molecular complexity index is 660. The Morgan fingerprint density at radius 1 is 1.09 bits per heavy atom. The van der Waals surface area contributed by atoms with Gasteiger partial charge in [-0.3, -0.25) is 4.79 Å². The van der Waals surface area contributed by atoms with E-state index >= 15 is 0 Å². The Morgan fingerprint density at radius 2 is 1.78 bits per heavy atom. The van der Waals surface area contributed by atoms with Crippen LogP contribution in [0.5, 0.6) is 0 Å². The summed E-state index contributed by atoms with van der Waals surface area (Å²) in [5, 5.41) is 8.37. The molecular formula is C14H12Cl3N3O2S. The lowest BCUT2D eigenvalue weighted by Crippen LogP contribution is -2.56. The van der Waals surface area contributed by atoms with Crippen LogP contribution in [0.1, 0.15) is 10.6 Å². The zero-order valence-electron chi connectivity index (χ0n) is 11.6. The molecule has 2 rings (SSSR count). The van der Waals surface area contributed by atoms with Crippen molar-refractivity contribution in [3.63, 3.8) is 0 Å². The Hall–Kier alpha value is -1.47. The maximum atomic E-state index is 12.0. The quantitative estimate of drug-likeness (QED) is 0.421. The molecule has 0 aliphatic rings. The lowest BCUT2D eigenvalue weighted by Gasteiger charge is -2.27. The highest BCUT2D eigenvalue weighted by molar-refractivity contribution is 7.80. The fourth-order valence-electron chi connectivity index (χ4n) is 1.63.